The molecular weight excluding hydrogens is 425 g/mol. The Kier molecular flexibility index (Phi) is 6.60. The first kappa shape index (κ1) is 22.3. The number of para-hydroxylation sites is 1. The quantitative estimate of drug-likeness (QED) is 0.489. The van der Waals surface area contributed by atoms with Crippen LogP contribution in [-0.4, -0.2) is 11.8 Å². The van der Waals surface area contributed by atoms with Crippen LogP contribution in [-0.2, 0) is 11.0 Å². The summed E-state index contributed by atoms with van der Waals surface area (Å²) in [6.45, 7) is 3.76. The number of hydrogen-bond acceptors (Lipinski definition) is 3. The minimum absolute atomic E-state index is 0.164. The van der Waals surface area contributed by atoms with Crippen molar-refractivity contribution >= 4 is 34.9 Å². The van der Waals surface area contributed by atoms with Gasteiger partial charge in [-0.1, -0.05) is 24.3 Å². The molecule has 31 heavy (non-hydrogen) atoms. The standard InChI is InChI=1S/C23H19F3N2O2S/c1-14-9-10-16(12-15(14)2)21(29)28-20(13-17-6-5-11-31-17)22(30)27-19-8-4-3-7-18(19)23(24,25)26/h3-13H,1-2H3,(H,27,30)(H,28,29). The minimum atomic E-state index is -4.63. The van der Waals surface area contributed by atoms with E-state index in [9.17, 15) is 22.8 Å². The molecule has 1 aromatic heterocycles. The zero-order valence-electron chi connectivity index (χ0n) is 16.7. The van der Waals surface area contributed by atoms with Crippen molar-refractivity contribution in [3.63, 3.8) is 0 Å². The molecule has 3 aromatic rings. The van der Waals surface area contributed by atoms with E-state index in [1.165, 1.54) is 29.5 Å². The van der Waals surface area contributed by atoms with Gasteiger partial charge in [0.15, 0.2) is 0 Å². The van der Waals surface area contributed by atoms with Crippen LogP contribution in [0.5, 0.6) is 0 Å². The Morgan fingerprint density at radius 3 is 2.35 bits per heavy atom. The topological polar surface area (TPSA) is 58.2 Å². The first-order chi connectivity index (χ1) is 14.6. The highest BCUT2D eigenvalue weighted by Crippen LogP contribution is 2.34. The van der Waals surface area contributed by atoms with Crippen LogP contribution in [0.4, 0.5) is 18.9 Å². The van der Waals surface area contributed by atoms with E-state index in [0.717, 1.165) is 23.3 Å². The lowest BCUT2D eigenvalue weighted by molar-refractivity contribution is -0.137. The highest BCUT2D eigenvalue weighted by molar-refractivity contribution is 7.10. The van der Waals surface area contributed by atoms with Crippen molar-refractivity contribution in [3.05, 3.63) is 92.8 Å². The van der Waals surface area contributed by atoms with E-state index in [1.54, 1.807) is 35.7 Å². The second-order valence-electron chi connectivity index (χ2n) is 6.82. The number of carbonyl (C=O) groups excluding carboxylic acids is 2. The average molecular weight is 444 g/mol. The van der Waals surface area contributed by atoms with Crippen LogP contribution in [0.15, 0.2) is 65.7 Å². The third-order valence-electron chi connectivity index (χ3n) is 4.57. The molecule has 8 heteroatoms. The Balaban J connectivity index is 1.90. The maximum Gasteiger partial charge on any atom is 0.418 e. The Hall–Kier alpha value is -3.39. The maximum absolute atomic E-state index is 13.3. The summed E-state index contributed by atoms with van der Waals surface area (Å²) in [5.41, 5.74) is 0.718. The van der Waals surface area contributed by atoms with Crippen molar-refractivity contribution in [1.82, 2.24) is 5.32 Å². The van der Waals surface area contributed by atoms with Crippen LogP contribution in [0.25, 0.3) is 6.08 Å². The molecule has 1 heterocycles. The lowest BCUT2D eigenvalue weighted by atomic mass is 10.1. The third kappa shape index (κ3) is 5.61. The van der Waals surface area contributed by atoms with E-state index >= 15 is 0 Å². The van der Waals surface area contributed by atoms with Gasteiger partial charge in [0.05, 0.1) is 11.3 Å². The van der Waals surface area contributed by atoms with Crippen LogP contribution < -0.4 is 10.6 Å². The van der Waals surface area contributed by atoms with Crippen molar-refractivity contribution in [3.8, 4) is 0 Å². The molecule has 2 aromatic carbocycles. The predicted molar refractivity (Wildman–Crippen MR) is 116 cm³/mol. The Morgan fingerprint density at radius 1 is 0.968 bits per heavy atom. The van der Waals surface area contributed by atoms with E-state index in [1.807, 2.05) is 13.8 Å². The monoisotopic (exact) mass is 444 g/mol. The van der Waals surface area contributed by atoms with E-state index in [2.05, 4.69) is 10.6 Å². The number of amides is 2. The zero-order valence-corrected chi connectivity index (χ0v) is 17.5. The van der Waals surface area contributed by atoms with Crippen LogP contribution in [0.1, 0.15) is 31.9 Å². The highest BCUT2D eigenvalue weighted by atomic mass is 32.1. The zero-order chi connectivity index (χ0) is 22.6. The molecule has 0 aliphatic carbocycles. The Labute approximate surface area is 181 Å². The molecule has 0 atom stereocenters. The van der Waals surface area contributed by atoms with Gasteiger partial charge in [-0.05, 0) is 66.8 Å². The Bertz CT molecular complexity index is 1140. The first-order valence-electron chi connectivity index (χ1n) is 9.26. The second kappa shape index (κ2) is 9.18. The molecule has 0 fully saturated rings. The lowest BCUT2D eigenvalue weighted by Gasteiger charge is -2.15. The van der Waals surface area contributed by atoms with Crippen LogP contribution in [0.2, 0.25) is 0 Å². The fourth-order valence-electron chi connectivity index (χ4n) is 2.78. The second-order valence-corrected chi connectivity index (χ2v) is 7.80. The number of anilines is 1. The number of hydrogen-bond donors (Lipinski definition) is 2. The predicted octanol–water partition coefficient (Wildman–Crippen LogP) is 5.79. The molecule has 0 radical (unpaired) electrons. The van der Waals surface area contributed by atoms with Gasteiger partial charge < -0.3 is 10.6 Å². The van der Waals surface area contributed by atoms with Crippen LogP contribution in [0, 0.1) is 13.8 Å². The van der Waals surface area contributed by atoms with Crippen LogP contribution >= 0.6 is 11.3 Å². The van der Waals surface area contributed by atoms with Gasteiger partial charge in [0.25, 0.3) is 11.8 Å². The first-order valence-corrected chi connectivity index (χ1v) is 10.1. The molecule has 0 spiro atoms. The number of carbonyl (C=O) groups is 2. The summed E-state index contributed by atoms with van der Waals surface area (Å²) in [4.78, 5) is 26.2. The summed E-state index contributed by atoms with van der Waals surface area (Å²) in [5, 5.41) is 6.58. The summed E-state index contributed by atoms with van der Waals surface area (Å²) in [7, 11) is 0. The van der Waals surface area contributed by atoms with E-state index in [0.29, 0.717) is 10.4 Å². The molecule has 0 unspecified atom stereocenters. The van der Waals surface area contributed by atoms with E-state index in [4.69, 9.17) is 0 Å². The van der Waals surface area contributed by atoms with Crippen LogP contribution in [0.3, 0.4) is 0 Å². The molecule has 0 saturated heterocycles. The van der Waals surface area contributed by atoms with Crippen molar-refractivity contribution < 1.29 is 22.8 Å². The molecule has 0 aliphatic heterocycles. The molecule has 0 aliphatic rings. The highest BCUT2D eigenvalue weighted by Gasteiger charge is 2.33. The number of aryl methyl sites for hydroxylation is 2. The van der Waals surface area contributed by atoms with Gasteiger partial charge >= 0.3 is 6.18 Å². The van der Waals surface area contributed by atoms with Gasteiger partial charge in [-0.15, -0.1) is 11.3 Å². The number of benzene rings is 2. The van der Waals surface area contributed by atoms with Gasteiger partial charge in [-0.25, -0.2) is 0 Å². The van der Waals surface area contributed by atoms with E-state index in [-0.39, 0.29) is 5.70 Å². The lowest BCUT2D eigenvalue weighted by Crippen LogP contribution is -2.31. The average Bonchev–Trinajstić information content (AvgIpc) is 3.22. The molecule has 0 saturated carbocycles. The van der Waals surface area contributed by atoms with Crippen molar-refractivity contribution in [2.75, 3.05) is 5.32 Å². The van der Waals surface area contributed by atoms with Crippen molar-refractivity contribution in [1.29, 1.82) is 0 Å². The summed E-state index contributed by atoms with van der Waals surface area (Å²) in [5.74, 6) is -1.40. The number of thiophene rings is 1. The normalized spacial score (nSPS) is 11.8. The summed E-state index contributed by atoms with van der Waals surface area (Å²) < 4.78 is 39.8. The molecule has 2 N–H and O–H groups in total. The van der Waals surface area contributed by atoms with Crippen molar-refractivity contribution in [2.45, 2.75) is 20.0 Å². The number of halogens is 3. The molecule has 2 amide bonds. The molecule has 4 nitrogen and oxygen atoms in total. The minimum Gasteiger partial charge on any atom is -0.320 e. The number of nitrogens with one attached hydrogen (secondary N) is 2. The number of alkyl halides is 3. The van der Waals surface area contributed by atoms with Gasteiger partial charge in [0.1, 0.15) is 5.70 Å². The van der Waals surface area contributed by atoms with Crippen molar-refractivity contribution in [2.24, 2.45) is 0 Å². The summed E-state index contributed by atoms with van der Waals surface area (Å²) >= 11 is 1.32. The summed E-state index contributed by atoms with van der Waals surface area (Å²) in [6, 6.07) is 13.2. The third-order valence-corrected chi connectivity index (χ3v) is 5.39. The Morgan fingerprint density at radius 2 is 1.71 bits per heavy atom. The number of rotatable bonds is 5. The van der Waals surface area contributed by atoms with Gasteiger partial charge in [0, 0.05) is 10.4 Å². The molecular formula is C23H19F3N2O2S. The fraction of sp³-hybridized carbons (Fsp3) is 0.130. The largest absolute Gasteiger partial charge is 0.418 e. The molecule has 160 valence electrons. The van der Waals surface area contributed by atoms with Gasteiger partial charge in [0.2, 0.25) is 0 Å². The maximum atomic E-state index is 13.3. The molecule has 3 rings (SSSR count). The smallest absolute Gasteiger partial charge is 0.320 e. The molecule has 0 bridgehead atoms. The summed E-state index contributed by atoms with van der Waals surface area (Å²) in [6.07, 6.45) is -3.21. The fourth-order valence-corrected chi connectivity index (χ4v) is 3.44. The van der Waals surface area contributed by atoms with Gasteiger partial charge in [-0.2, -0.15) is 13.2 Å². The SMILES string of the molecule is Cc1ccc(C(=O)NC(=Cc2cccs2)C(=O)Nc2ccccc2C(F)(F)F)cc1C. The van der Waals surface area contributed by atoms with Gasteiger partial charge in [-0.3, -0.25) is 9.59 Å². The van der Waals surface area contributed by atoms with E-state index < -0.39 is 29.2 Å².